The topological polar surface area (TPSA) is 43.4 Å². The van der Waals surface area contributed by atoms with Gasteiger partial charge in [-0.1, -0.05) is 32.0 Å². The van der Waals surface area contributed by atoms with Crippen molar-refractivity contribution in [3.8, 4) is 0 Å². The van der Waals surface area contributed by atoms with Crippen LogP contribution in [0.25, 0.3) is 0 Å². The fraction of sp³-hybridized carbons (Fsp3) is 0.600. The minimum Gasteiger partial charge on any atom is -0.458 e. The van der Waals surface area contributed by atoms with Gasteiger partial charge in [-0.3, -0.25) is 4.79 Å². The van der Waals surface area contributed by atoms with Crippen LogP contribution >= 0.6 is 0 Å². The van der Waals surface area contributed by atoms with E-state index < -0.39 is 5.41 Å². The Bertz CT molecular complexity index is 605. The molecule has 3 atom stereocenters. The van der Waals surface area contributed by atoms with Gasteiger partial charge in [0.15, 0.2) is 0 Å². The lowest BCUT2D eigenvalue weighted by atomic mass is 9.50. The number of hydrogen-bond donors (Lipinski definition) is 0. The minimum atomic E-state index is -0.537. The van der Waals surface area contributed by atoms with Crippen LogP contribution in [0.2, 0.25) is 0 Å². The molecule has 3 unspecified atom stereocenters. The van der Waals surface area contributed by atoms with Crippen molar-refractivity contribution in [2.75, 3.05) is 0 Å². The average Bonchev–Trinajstić information content (AvgIpc) is 2.54. The maximum Gasteiger partial charge on any atom is 0.338 e. The van der Waals surface area contributed by atoms with E-state index in [1.54, 1.807) is 12.1 Å². The van der Waals surface area contributed by atoms with Gasteiger partial charge in [-0.15, -0.1) is 0 Å². The van der Waals surface area contributed by atoms with Crippen LogP contribution in [0.3, 0.4) is 0 Å². The normalized spacial score (nSPS) is 32.9. The van der Waals surface area contributed by atoms with Crippen molar-refractivity contribution in [2.45, 2.75) is 59.0 Å². The Morgan fingerprint density at radius 3 is 2.52 bits per heavy atom. The Morgan fingerprint density at radius 1 is 1.13 bits per heavy atom. The molecule has 0 amide bonds. The molecule has 2 aliphatic rings. The Hall–Kier alpha value is -1.64. The van der Waals surface area contributed by atoms with Crippen molar-refractivity contribution in [2.24, 2.45) is 16.7 Å². The van der Waals surface area contributed by atoms with E-state index in [4.69, 9.17) is 4.74 Å². The van der Waals surface area contributed by atoms with Crippen LogP contribution in [0, 0.1) is 16.7 Å². The third-order valence-corrected chi connectivity index (χ3v) is 6.15. The standard InChI is InChI=1S/C20H26O3/c1-19(2)13-12-16(21)20(3)15(19)10-7-11-17(20)23-18(22)14-8-5-4-6-9-14/h4-6,8-9,15,17H,7,10-13H2,1-3H3. The highest BCUT2D eigenvalue weighted by molar-refractivity contribution is 5.91. The number of esters is 1. The summed E-state index contributed by atoms with van der Waals surface area (Å²) < 4.78 is 5.85. The number of carbonyl (C=O) groups excluding carboxylic acids is 2. The first-order valence-corrected chi connectivity index (χ1v) is 8.65. The summed E-state index contributed by atoms with van der Waals surface area (Å²) in [6, 6.07) is 9.06. The van der Waals surface area contributed by atoms with Crippen LogP contribution in [-0.2, 0) is 9.53 Å². The predicted octanol–water partition coefficient (Wildman–Crippen LogP) is 4.41. The summed E-state index contributed by atoms with van der Waals surface area (Å²) in [7, 11) is 0. The maximum atomic E-state index is 12.8. The van der Waals surface area contributed by atoms with Gasteiger partial charge < -0.3 is 4.74 Å². The smallest absolute Gasteiger partial charge is 0.338 e. The van der Waals surface area contributed by atoms with Crippen molar-refractivity contribution in [3.63, 3.8) is 0 Å². The molecule has 0 spiro atoms. The molecule has 23 heavy (non-hydrogen) atoms. The van der Waals surface area contributed by atoms with Gasteiger partial charge in [0, 0.05) is 6.42 Å². The van der Waals surface area contributed by atoms with Crippen molar-refractivity contribution >= 4 is 11.8 Å². The molecule has 124 valence electrons. The second-order valence-electron chi connectivity index (χ2n) is 7.94. The van der Waals surface area contributed by atoms with Gasteiger partial charge in [-0.25, -0.2) is 4.79 Å². The highest BCUT2D eigenvalue weighted by Crippen LogP contribution is 2.56. The quantitative estimate of drug-likeness (QED) is 0.760. The number of carbonyl (C=O) groups is 2. The van der Waals surface area contributed by atoms with Gasteiger partial charge in [0.25, 0.3) is 0 Å². The molecule has 0 N–H and O–H groups in total. The van der Waals surface area contributed by atoms with Crippen molar-refractivity contribution in [1.29, 1.82) is 0 Å². The molecular weight excluding hydrogens is 288 g/mol. The third kappa shape index (κ3) is 2.71. The average molecular weight is 314 g/mol. The van der Waals surface area contributed by atoms with E-state index in [2.05, 4.69) is 13.8 Å². The minimum absolute atomic E-state index is 0.125. The van der Waals surface area contributed by atoms with Crippen LogP contribution in [0.1, 0.15) is 63.2 Å². The molecule has 0 aliphatic heterocycles. The summed E-state index contributed by atoms with van der Waals surface area (Å²) in [5.41, 5.74) is 0.144. The molecule has 1 aromatic carbocycles. The molecule has 0 radical (unpaired) electrons. The van der Waals surface area contributed by atoms with Gasteiger partial charge in [0.1, 0.15) is 11.9 Å². The van der Waals surface area contributed by atoms with Gasteiger partial charge in [-0.05, 0) is 56.1 Å². The zero-order valence-corrected chi connectivity index (χ0v) is 14.3. The molecule has 2 fully saturated rings. The molecule has 0 saturated heterocycles. The highest BCUT2D eigenvalue weighted by Gasteiger charge is 2.58. The Labute approximate surface area is 138 Å². The summed E-state index contributed by atoms with van der Waals surface area (Å²) in [6.45, 7) is 6.54. The highest BCUT2D eigenvalue weighted by atomic mass is 16.5. The Kier molecular flexibility index (Phi) is 4.07. The van der Waals surface area contributed by atoms with Crippen LogP contribution in [0.5, 0.6) is 0 Å². The number of ketones is 1. The van der Waals surface area contributed by atoms with Gasteiger partial charge in [0.05, 0.1) is 11.0 Å². The Morgan fingerprint density at radius 2 is 1.83 bits per heavy atom. The summed E-state index contributed by atoms with van der Waals surface area (Å²) in [4.78, 5) is 25.2. The van der Waals surface area contributed by atoms with Gasteiger partial charge in [0.2, 0.25) is 0 Å². The first kappa shape index (κ1) is 16.2. The number of Topliss-reactive ketones (excluding diaryl/α,β-unsaturated/α-hetero) is 1. The van der Waals surface area contributed by atoms with E-state index in [9.17, 15) is 9.59 Å². The molecule has 0 aromatic heterocycles. The van der Waals surface area contributed by atoms with Gasteiger partial charge in [-0.2, -0.15) is 0 Å². The largest absolute Gasteiger partial charge is 0.458 e. The first-order valence-electron chi connectivity index (χ1n) is 8.65. The van der Waals surface area contributed by atoms with E-state index in [1.807, 2.05) is 25.1 Å². The zero-order chi connectivity index (χ0) is 16.7. The van der Waals surface area contributed by atoms with Crippen molar-refractivity contribution in [3.05, 3.63) is 35.9 Å². The SMILES string of the molecule is CC1(C)CCC(=O)C2(C)C(OC(=O)c3ccccc3)CCCC12. The summed E-state index contributed by atoms with van der Waals surface area (Å²) >= 11 is 0. The fourth-order valence-electron chi connectivity index (χ4n) is 4.74. The van der Waals surface area contributed by atoms with E-state index in [0.29, 0.717) is 17.9 Å². The summed E-state index contributed by atoms with van der Waals surface area (Å²) in [5, 5.41) is 0. The Balaban J connectivity index is 1.87. The zero-order valence-electron chi connectivity index (χ0n) is 14.3. The molecule has 1 aromatic rings. The molecule has 0 heterocycles. The predicted molar refractivity (Wildman–Crippen MR) is 89.1 cm³/mol. The number of ether oxygens (including phenoxy) is 1. The molecule has 3 nitrogen and oxygen atoms in total. The number of hydrogen-bond acceptors (Lipinski definition) is 3. The second kappa shape index (κ2) is 5.77. The van der Waals surface area contributed by atoms with Crippen LogP contribution in [-0.4, -0.2) is 17.9 Å². The van der Waals surface area contributed by atoms with E-state index in [1.165, 1.54) is 0 Å². The lowest BCUT2D eigenvalue weighted by molar-refractivity contribution is -0.161. The molecule has 3 heteroatoms. The number of rotatable bonds is 2. The molecule has 2 saturated carbocycles. The van der Waals surface area contributed by atoms with Crippen molar-refractivity contribution in [1.82, 2.24) is 0 Å². The summed E-state index contributed by atoms with van der Waals surface area (Å²) in [6.07, 6.45) is 4.08. The second-order valence-corrected chi connectivity index (χ2v) is 7.94. The van der Waals surface area contributed by atoms with Crippen LogP contribution in [0.15, 0.2) is 30.3 Å². The molecule has 3 rings (SSSR count). The third-order valence-electron chi connectivity index (χ3n) is 6.15. The lowest BCUT2D eigenvalue weighted by Gasteiger charge is -2.55. The van der Waals surface area contributed by atoms with E-state index in [0.717, 1.165) is 25.7 Å². The van der Waals surface area contributed by atoms with Crippen LogP contribution in [0.4, 0.5) is 0 Å². The monoisotopic (exact) mass is 314 g/mol. The number of benzene rings is 1. The lowest BCUT2D eigenvalue weighted by Crippen LogP contribution is -2.57. The first-order chi connectivity index (χ1) is 10.9. The van der Waals surface area contributed by atoms with Gasteiger partial charge >= 0.3 is 5.97 Å². The molecule has 2 aliphatic carbocycles. The number of fused-ring (bicyclic) bond motifs is 1. The molecule has 0 bridgehead atoms. The fourth-order valence-corrected chi connectivity index (χ4v) is 4.74. The van der Waals surface area contributed by atoms with E-state index >= 15 is 0 Å². The summed E-state index contributed by atoms with van der Waals surface area (Å²) in [5.74, 6) is 0.250. The van der Waals surface area contributed by atoms with Crippen molar-refractivity contribution < 1.29 is 14.3 Å². The maximum absolute atomic E-state index is 12.8. The molecular formula is C20H26O3. The van der Waals surface area contributed by atoms with E-state index in [-0.39, 0.29) is 23.3 Å². The van der Waals surface area contributed by atoms with Crippen LogP contribution < -0.4 is 0 Å².